The summed E-state index contributed by atoms with van der Waals surface area (Å²) in [5, 5.41) is 0. The molecule has 5 heteroatoms. The summed E-state index contributed by atoms with van der Waals surface area (Å²) < 4.78 is 5.73. The predicted octanol–water partition coefficient (Wildman–Crippen LogP) is 3.09. The molecule has 0 unspecified atom stereocenters. The smallest absolute Gasteiger partial charge is 0.161 e. The first-order valence-corrected chi connectivity index (χ1v) is 7.28. The number of hydrazine groups is 1. The number of anilines is 1. The van der Waals surface area contributed by atoms with Crippen LogP contribution in [-0.4, -0.2) is 16.1 Å². The number of nitrogen functional groups attached to an aromatic ring is 1. The fourth-order valence-electron chi connectivity index (χ4n) is 2.24. The van der Waals surface area contributed by atoms with Crippen LogP contribution < -0.4 is 16.0 Å². The van der Waals surface area contributed by atoms with Crippen LogP contribution in [0.25, 0.3) is 11.4 Å². The molecule has 2 aromatic rings. The van der Waals surface area contributed by atoms with E-state index in [0.29, 0.717) is 17.6 Å². The van der Waals surface area contributed by atoms with Crippen molar-refractivity contribution in [2.45, 2.75) is 38.7 Å². The van der Waals surface area contributed by atoms with Gasteiger partial charge in [-0.2, -0.15) is 0 Å². The van der Waals surface area contributed by atoms with Crippen LogP contribution in [0.1, 0.15) is 38.3 Å². The maximum Gasteiger partial charge on any atom is 0.161 e. The van der Waals surface area contributed by atoms with Crippen molar-refractivity contribution >= 4 is 5.82 Å². The van der Waals surface area contributed by atoms with Crippen LogP contribution in [-0.2, 0) is 0 Å². The Balaban J connectivity index is 1.97. The third-order valence-electron chi connectivity index (χ3n) is 3.35. The zero-order valence-electron chi connectivity index (χ0n) is 12.3. The van der Waals surface area contributed by atoms with Crippen molar-refractivity contribution in [2.24, 2.45) is 5.84 Å². The van der Waals surface area contributed by atoms with Crippen molar-refractivity contribution in [1.29, 1.82) is 0 Å². The van der Waals surface area contributed by atoms with Crippen molar-refractivity contribution in [2.75, 3.05) is 5.43 Å². The van der Waals surface area contributed by atoms with E-state index in [1.165, 1.54) is 12.8 Å². The maximum absolute atomic E-state index is 5.73. The Labute approximate surface area is 124 Å². The van der Waals surface area contributed by atoms with E-state index in [4.69, 9.17) is 10.6 Å². The standard InChI is InChI=1S/C16H20N4O/c1-10(2)21-13-5-3-4-12(8-13)16-18-14(11-6-7-11)9-15(19-16)20-17/h3-5,8-11H,6-7,17H2,1-2H3,(H,18,19,20). The minimum Gasteiger partial charge on any atom is -0.491 e. The highest BCUT2D eigenvalue weighted by Crippen LogP contribution is 2.40. The van der Waals surface area contributed by atoms with E-state index in [1.54, 1.807) is 0 Å². The van der Waals surface area contributed by atoms with Gasteiger partial charge in [-0.3, -0.25) is 0 Å². The normalized spacial score (nSPS) is 14.3. The topological polar surface area (TPSA) is 73.1 Å². The molecule has 0 saturated heterocycles. The minimum atomic E-state index is 0.139. The number of nitrogens with one attached hydrogen (secondary N) is 1. The van der Waals surface area contributed by atoms with Gasteiger partial charge in [-0.1, -0.05) is 12.1 Å². The lowest BCUT2D eigenvalue weighted by Crippen LogP contribution is -2.10. The van der Waals surface area contributed by atoms with E-state index in [9.17, 15) is 0 Å². The lowest BCUT2D eigenvalue weighted by molar-refractivity contribution is 0.242. The number of benzene rings is 1. The average Bonchev–Trinajstić information content (AvgIpc) is 3.31. The van der Waals surface area contributed by atoms with E-state index >= 15 is 0 Å². The molecule has 1 aromatic carbocycles. The van der Waals surface area contributed by atoms with Crippen molar-refractivity contribution in [3.8, 4) is 17.1 Å². The van der Waals surface area contributed by atoms with E-state index in [0.717, 1.165) is 17.0 Å². The molecule has 110 valence electrons. The first-order chi connectivity index (χ1) is 10.2. The van der Waals surface area contributed by atoms with Gasteiger partial charge in [0.05, 0.1) is 6.10 Å². The molecule has 3 N–H and O–H groups in total. The summed E-state index contributed by atoms with van der Waals surface area (Å²) in [5.41, 5.74) is 4.62. The van der Waals surface area contributed by atoms with Crippen molar-refractivity contribution in [3.05, 3.63) is 36.0 Å². The Morgan fingerprint density at radius 2 is 2.05 bits per heavy atom. The zero-order valence-corrected chi connectivity index (χ0v) is 12.3. The number of aromatic nitrogens is 2. The highest BCUT2D eigenvalue weighted by Gasteiger charge is 2.26. The van der Waals surface area contributed by atoms with Crippen LogP contribution in [0.5, 0.6) is 5.75 Å². The van der Waals surface area contributed by atoms with E-state index in [-0.39, 0.29) is 6.10 Å². The second kappa shape index (κ2) is 5.69. The molecule has 1 saturated carbocycles. The number of hydrogen-bond donors (Lipinski definition) is 2. The first kappa shape index (κ1) is 13.8. The zero-order chi connectivity index (χ0) is 14.8. The maximum atomic E-state index is 5.73. The molecule has 1 aromatic heterocycles. The summed E-state index contributed by atoms with van der Waals surface area (Å²) >= 11 is 0. The van der Waals surface area contributed by atoms with Gasteiger partial charge >= 0.3 is 0 Å². The van der Waals surface area contributed by atoms with Crippen molar-refractivity contribution < 1.29 is 4.74 Å². The molecular formula is C16H20N4O. The van der Waals surface area contributed by atoms with Crippen LogP contribution in [0.4, 0.5) is 5.82 Å². The van der Waals surface area contributed by atoms with Gasteiger partial charge < -0.3 is 10.2 Å². The average molecular weight is 284 g/mol. The van der Waals surface area contributed by atoms with Crippen LogP contribution in [0.15, 0.2) is 30.3 Å². The van der Waals surface area contributed by atoms with Gasteiger partial charge in [0.1, 0.15) is 11.6 Å². The summed E-state index contributed by atoms with van der Waals surface area (Å²) in [7, 11) is 0. The molecule has 0 bridgehead atoms. The van der Waals surface area contributed by atoms with Crippen LogP contribution in [0, 0.1) is 0 Å². The fraction of sp³-hybridized carbons (Fsp3) is 0.375. The Morgan fingerprint density at radius 1 is 1.24 bits per heavy atom. The van der Waals surface area contributed by atoms with E-state index < -0.39 is 0 Å². The largest absolute Gasteiger partial charge is 0.491 e. The summed E-state index contributed by atoms with van der Waals surface area (Å²) in [6.07, 6.45) is 2.52. The molecule has 0 amide bonds. The summed E-state index contributed by atoms with van der Waals surface area (Å²) in [4.78, 5) is 9.12. The second-order valence-corrected chi connectivity index (χ2v) is 5.61. The Hall–Kier alpha value is -2.14. The number of hydrogen-bond acceptors (Lipinski definition) is 5. The Bertz CT molecular complexity index is 638. The van der Waals surface area contributed by atoms with Gasteiger partial charge in [0.25, 0.3) is 0 Å². The molecule has 1 aliphatic rings. The van der Waals surface area contributed by atoms with Crippen LogP contribution in [0.2, 0.25) is 0 Å². The molecule has 1 heterocycles. The summed E-state index contributed by atoms with van der Waals surface area (Å²) in [5.74, 6) is 8.22. The SMILES string of the molecule is CC(C)Oc1cccc(-c2nc(NN)cc(C3CC3)n2)c1. The van der Waals surface area contributed by atoms with E-state index in [2.05, 4.69) is 15.4 Å². The third-order valence-corrected chi connectivity index (χ3v) is 3.35. The number of nitrogens with two attached hydrogens (primary N) is 1. The molecule has 1 aliphatic carbocycles. The highest BCUT2D eigenvalue weighted by atomic mass is 16.5. The summed E-state index contributed by atoms with van der Waals surface area (Å²) in [6.45, 7) is 4.01. The lowest BCUT2D eigenvalue weighted by atomic mass is 10.2. The Morgan fingerprint density at radius 3 is 2.71 bits per heavy atom. The first-order valence-electron chi connectivity index (χ1n) is 7.28. The van der Waals surface area contributed by atoms with Gasteiger partial charge in [0.2, 0.25) is 0 Å². The second-order valence-electron chi connectivity index (χ2n) is 5.61. The number of ether oxygens (including phenoxy) is 1. The fourth-order valence-corrected chi connectivity index (χ4v) is 2.24. The third kappa shape index (κ3) is 3.31. The lowest BCUT2D eigenvalue weighted by Gasteiger charge is -2.11. The Kier molecular flexibility index (Phi) is 3.75. The van der Waals surface area contributed by atoms with Crippen molar-refractivity contribution in [3.63, 3.8) is 0 Å². The number of rotatable bonds is 5. The molecule has 0 spiro atoms. The van der Waals surface area contributed by atoms with Gasteiger partial charge in [0.15, 0.2) is 5.82 Å². The molecule has 0 aliphatic heterocycles. The van der Waals surface area contributed by atoms with Crippen LogP contribution >= 0.6 is 0 Å². The molecule has 0 atom stereocenters. The van der Waals surface area contributed by atoms with E-state index in [1.807, 2.05) is 44.2 Å². The molecule has 21 heavy (non-hydrogen) atoms. The van der Waals surface area contributed by atoms with Crippen LogP contribution in [0.3, 0.4) is 0 Å². The highest BCUT2D eigenvalue weighted by molar-refractivity contribution is 5.60. The minimum absolute atomic E-state index is 0.139. The van der Waals surface area contributed by atoms with Crippen molar-refractivity contribution in [1.82, 2.24) is 9.97 Å². The molecule has 3 rings (SSSR count). The molecule has 0 radical (unpaired) electrons. The molecule has 5 nitrogen and oxygen atoms in total. The van der Waals surface area contributed by atoms with Gasteiger partial charge in [-0.25, -0.2) is 15.8 Å². The monoisotopic (exact) mass is 284 g/mol. The van der Waals surface area contributed by atoms with Gasteiger partial charge in [0, 0.05) is 23.2 Å². The molecular weight excluding hydrogens is 264 g/mol. The van der Waals surface area contributed by atoms with Gasteiger partial charge in [-0.05, 0) is 38.8 Å². The number of nitrogens with zero attached hydrogens (tertiary/aromatic N) is 2. The quantitative estimate of drug-likeness (QED) is 0.652. The van der Waals surface area contributed by atoms with Gasteiger partial charge in [-0.15, -0.1) is 0 Å². The predicted molar refractivity (Wildman–Crippen MR) is 83.0 cm³/mol. The summed E-state index contributed by atoms with van der Waals surface area (Å²) in [6, 6.07) is 9.77. The molecule has 1 fully saturated rings.